The minimum Gasteiger partial charge on any atom is -0.394 e. The van der Waals surface area contributed by atoms with Crippen LogP contribution in [-0.4, -0.2) is 46.1 Å². The van der Waals surface area contributed by atoms with Gasteiger partial charge in [0.2, 0.25) is 5.91 Å². The van der Waals surface area contributed by atoms with Crippen molar-refractivity contribution in [3.63, 3.8) is 0 Å². The van der Waals surface area contributed by atoms with Crippen LogP contribution in [0.2, 0.25) is 0 Å². The van der Waals surface area contributed by atoms with Crippen molar-refractivity contribution in [1.82, 2.24) is 5.32 Å². The molecule has 0 aliphatic rings. The summed E-state index contributed by atoms with van der Waals surface area (Å²) in [5.74, 6) is -0.156. The number of rotatable bonds is 48. The van der Waals surface area contributed by atoms with Crippen LogP contribution in [-0.2, 0) is 4.79 Å². The molecule has 59 heavy (non-hydrogen) atoms. The lowest BCUT2D eigenvalue weighted by atomic mass is 10.0. The smallest absolute Gasteiger partial charge is 0.220 e. The SMILES string of the molecule is CCCCCCCCC/C=C/CC/C=C/CCCC(O)C(O)C(CO)NC(=O)CCCCCCCCCCCCCCC/C=C\CCCCCCCCCCCCCC. The molecule has 0 aliphatic heterocycles. The van der Waals surface area contributed by atoms with E-state index in [0.29, 0.717) is 12.8 Å². The summed E-state index contributed by atoms with van der Waals surface area (Å²) in [6.07, 6.45) is 62.9. The summed E-state index contributed by atoms with van der Waals surface area (Å²) >= 11 is 0. The van der Waals surface area contributed by atoms with Crippen molar-refractivity contribution in [3.05, 3.63) is 36.5 Å². The maximum atomic E-state index is 12.5. The predicted octanol–water partition coefficient (Wildman–Crippen LogP) is 15.9. The van der Waals surface area contributed by atoms with Crippen molar-refractivity contribution in [2.45, 2.75) is 295 Å². The van der Waals surface area contributed by atoms with Crippen molar-refractivity contribution in [3.8, 4) is 0 Å². The number of unbranched alkanes of at least 4 members (excludes halogenated alkanes) is 34. The standard InChI is InChI=1S/C54H103NO4/c1-3-5-7-9-11-13-15-17-19-21-22-23-24-25-26-27-28-29-30-31-32-33-35-37-39-41-43-45-47-49-53(58)55-51(50-56)54(59)52(57)48-46-44-42-40-38-36-34-20-18-16-14-12-10-8-6-4-2/h20,25-26,34,40,42,51-52,54,56-57,59H,3-19,21-24,27-33,35-39,41,43-50H2,1-2H3,(H,55,58)/b26-25-,34-20+,42-40+. The van der Waals surface area contributed by atoms with Crippen molar-refractivity contribution < 1.29 is 20.1 Å². The van der Waals surface area contributed by atoms with E-state index in [1.54, 1.807) is 0 Å². The number of carbonyl (C=O) groups excluding carboxylic acids is 1. The fourth-order valence-electron chi connectivity index (χ4n) is 8.12. The number of hydrogen-bond donors (Lipinski definition) is 4. The molecule has 5 heteroatoms. The van der Waals surface area contributed by atoms with Gasteiger partial charge in [0, 0.05) is 6.42 Å². The van der Waals surface area contributed by atoms with Crippen LogP contribution in [0.15, 0.2) is 36.5 Å². The molecule has 0 aliphatic carbocycles. The van der Waals surface area contributed by atoms with Gasteiger partial charge in [-0.3, -0.25) is 4.79 Å². The van der Waals surface area contributed by atoms with Gasteiger partial charge in [-0.2, -0.15) is 0 Å². The van der Waals surface area contributed by atoms with E-state index in [4.69, 9.17) is 0 Å². The van der Waals surface area contributed by atoms with Crippen LogP contribution in [0, 0.1) is 0 Å². The van der Waals surface area contributed by atoms with Gasteiger partial charge >= 0.3 is 0 Å². The number of aliphatic hydroxyl groups excluding tert-OH is 3. The van der Waals surface area contributed by atoms with Crippen molar-refractivity contribution >= 4 is 5.91 Å². The highest BCUT2D eigenvalue weighted by Crippen LogP contribution is 2.16. The van der Waals surface area contributed by atoms with Crippen LogP contribution in [0.1, 0.15) is 277 Å². The van der Waals surface area contributed by atoms with Crippen LogP contribution < -0.4 is 5.32 Å². The molecule has 348 valence electrons. The monoisotopic (exact) mass is 830 g/mol. The van der Waals surface area contributed by atoms with Gasteiger partial charge in [-0.25, -0.2) is 0 Å². The molecule has 0 aromatic carbocycles. The summed E-state index contributed by atoms with van der Waals surface area (Å²) in [6.45, 7) is 4.18. The number of carbonyl (C=O) groups is 1. The lowest BCUT2D eigenvalue weighted by Crippen LogP contribution is -2.50. The van der Waals surface area contributed by atoms with Crippen molar-refractivity contribution in [2.75, 3.05) is 6.61 Å². The molecule has 0 spiro atoms. The predicted molar refractivity (Wildman–Crippen MR) is 259 cm³/mol. The van der Waals surface area contributed by atoms with Gasteiger partial charge < -0.3 is 20.6 Å². The third-order valence-corrected chi connectivity index (χ3v) is 12.2. The molecule has 5 nitrogen and oxygen atoms in total. The van der Waals surface area contributed by atoms with E-state index in [-0.39, 0.29) is 12.5 Å². The van der Waals surface area contributed by atoms with Crippen LogP contribution in [0.25, 0.3) is 0 Å². The molecule has 0 aromatic heterocycles. The molecule has 1 amide bonds. The second-order valence-corrected chi connectivity index (χ2v) is 18.1. The van der Waals surface area contributed by atoms with Gasteiger partial charge in [-0.15, -0.1) is 0 Å². The lowest BCUT2D eigenvalue weighted by molar-refractivity contribution is -0.124. The van der Waals surface area contributed by atoms with Crippen LogP contribution >= 0.6 is 0 Å². The molecular weight excluding hydrogens is 727 g/mol. The Balaban J connectivity index is 3.57. The highest BCUT2D eigenvalue weighted by atomic mass is 16.3. The fraction of sp³-hybridized carbons (Fsp3) is 0.870. The Labute approximate surface area is 368 Å². The first-order valence-electron chi connectivity index (χ1n) is 26.3. The van der Waals surface area contributed by atoms with Crippen LogP contribution in [0.5, 0.6) is 0 Å². The van der Waals surface area contributed by atoms with Crippen molar-refractivity contribution in [1.29, 1.82) is 0 Å². The average molecular weight is 830 g/mol. The fourth-order valence-corrected chi connectivity index (χ4v) is 8.12. The zero-order valence-corrected chi connectivity index (χ0v) is 39.6. The third-order valence-electron chi connectivity index (χ3n) is 12.2. The van der Waals surface area contributed by atoms with Gasteiger partial charge in [0.05, 0.1) is 18.8 Å². The van der Waals surface area contributed by atoms with Gasteiger partial charge in [-0.05, 0) is 77.0 Å². The second-order valence-electron chi connectivity index (χ2n) is 18.1. The summed E-state index contributed by atoms with van der Waals surface area (Å²) in [6, 6.07) is -0.832. The molecule has 0 saturated heterocycles. The molecule has 3 unspecified atom stereocenters. The summed E-state index contributed by atoms with van der Waals surface area (Å²) in [7, 11) is 0. The highest BCUT2D eigenvalue weighted by Gasteiger charge is 2.26. The average Bonchev–Trinajstić information content (AvgIpc) is 3.24. The second kappa shape index (κ2) is 49.2. The first-order chi connectivity index (χ1) is 29.1. The van der Waals surface area contributed by atoms with Gasteiger partial charge in [-0.1, -0.05) is 230 Å². The molecule has 0 heterocycles. The van der Waals surface area contributed by atoms with Gasteiger partial charge in [0.1, 0.15) is 6.10 Å². The number of hydrogen-bond acceptors (Lipinski definition) is 4. The van der Waals surface area contributed by atoms with Crippen LogP contribution in [0.3, 0.4) is 0 Å². The zero-order valence-electron chi connectivity index (χ0n) is 39.6. The summed E-state index contributed by atoms with van der Waals surface area (Å²) in [5, 5.41) is 33.6. The minimum atomic E-state index is -1.17. The number of aliphatic hydroxyl groups is 3. The third kappa shape index (κ3) is 44.4. The molecule has 0 radical (unpaired) electrons. The quantitative estimate of drug-likeness (QED) is 0.0363. The summed E-state index contributed by atoms with van der Waals surface area (Å²) in [5.41, 5.74) is 0. The Morgan fingerprint density at radius 1 is 0.407 bits per heavy atom. The van der Waals surface area contributed by atoms with E-state index in [0.717, 1.165) is 44.9 Å². The molecule has 4 N–H and O–H groups in total. The van der Waals surface area contributed by atoms with Crippen molar-refractivity contribution in [2.24, 2.45) is 0 Å². The lowest BCUT2D eigenvalue weighted by Gasteiger charge is -2.26. The molecule has 0 aromatic rings. The molecule has 0 rings (SSSR count). The molecule has 0 fully saturated rings. The summed E-state index contributed by atoms with van der Waals surface area (Å²) < 4.78 is 0. The van der Waals surface area contributed by atoms with E-state index in [1.807, 2.05) is 0 Å². The Morgan fingerprint density at radius 2 is 0.695 bits per heavy atom. The maximum Gasteiger partial charge on any atom is 0.220 e. The topological polar surface area (TPSA) is 89.8 Å². The van der Waals surface area contributed by atoms with E-state index in [2.05, 4.69) is 55.6 Å². The van der Waals surface area contributed by atoms with Gasteiger partial charge in [0.25, 0.3) is 0 Å². The number of allylic oxidation sites excluding steroid dienone is 6. The summed E-state index contributed by atoms with van der Waals surface area (Å²) in [4.78, 5) is 12.5. The van der Waals surface area contributed by atoms with E-state index in [1.165, 1.54) is 205 Å². The maximum absolute atomic E-state index is 12.5. The normalized spacial score (nSPS) is 13.6. The van der Waals surface area contributed by atoms with E-state index in [9.17, 15) is 20.1 Å². The number of amides is 1. The minimum absolute atomic E-state index is 0.156. The molecule has 0 bridgehead atoms. The largest absolute Gasteiger partial charge is 0.394 e. The van der Waals surface area contributed by atoms with Crippen LogP contribution in [0.4, 0.5) is 0 Å². The first-order valence-corrected chi connectivity index (χ1v) is 26.3. The molecule has 3 atom stereocenters. The van der Waals surface area contributed by atoms with E-state index < -0.39 is 18.2 Å². The highest BCUT2D eigenvalue weighted by molar-refractivity contribution is 5.76. The Bertz CT molecular complexity index is 916. The Hall–Kier alpha value is -1.43. The number of nitrogens with one attached hydrogen (secondary N) is 1. The van der Waals surface area contributed by atoms with Gasteiger partial charge in [0.15, 0.2) is 0 Å². The Morgan fingerprint density at radius 3 is 1.03 bits per heavy atom. The molecule has 0 saturated carbocycles. The molecular formula is C54H103NO4. The first kappa shape index (κ1) is 57.6. The zero-order chi connectivity index (χ0) is 43.0. The Kier molecular flexibility index (Phi) is 48.0. The van der Waals surface area contributed by atoms with E-state index >= 15 is 0 Å².